The van der Waals surface area contributed by atoms with Gasteiger partial charge in [0.2, 0.25) is 5.88 Å². The highest BCUT2D eigenvalue weighted by Crippen LogP contribution is 2.31. The van der Waals surface area contributed by atoms with Crippen LogP contribution in [0.3, 0.4) is 0 Å². The van der Waals surface area contributed by atoms with E-state index in [1.165, 1.54) is 0 Å². The molecule has 0 spiro atoms. The Hall–Kier alpha value is -2.37. The van der Waals surface area contributed by atoms with Gasteiger partial charge in [-0.15, -0.1) is 5.10 Å². The lowest BCUT2D eigenvalue weighted by Crippen LogP contribution is -2.42. The lowest BCUT2D eigenvalue weighted by atomic mass is 10.0. The van der Waals surface area contributed by atoms with Crippen molar-refractivity contribution in [3.8, 4) is 17.1 Å². The Balaban J connectivity index is 1.53. The highest BCUT2D eigenvalue weighted by molar-refractivity contribution is 14.1. The number of halogens is 1. The molecule has 0 aromatic carbocycles. The van der Waals surface area contributed by atoms with Gasteiger partial charge in [-0.3, -0.25) is 4.40 Å². The van der Waals surface area contributed by atoms with Crippen molar-refractivity contribution < 1.29 is 14.3 Å². The number of amides is 1. The van der Waals surface area contributed by atoms with Crippen LogP contribution in [0.4, 0.5) is 4.79 Å². The molecular weight excluding hydrogens is 511 g/mol. The van der Waals surface area contributed by atoms with Crippen LogP contribution in [0.1, 0.15) is 45.3 Å². The third kappa shape index (κ3) is 4.35. The summed E-state index contributed by atoms with van der Waals surface area (Å²) in [5.74, 6) is 0.703. The van der Waals surface area contributed by atoms with Crippen LogP contribution < -0.4 is 4.74 Å². The first-order chi connectivity index (χ1) is 14.7. The van der Waals surface area contributed by atoms with Crippen LogP contribution in [0, 0.1) is 10.6 Å². The number of imidazole rings is 1. The van der Waals surface area contributed by atoms with Gasteiger partial charge in [0.1, 0.15) is 20.6 Å². The molecule has 4 heterocycles. The molecule has 10 heteroatoms. The monoisotopic (exact) mass is 538 g/mol. The fourth-order valence-corrected chi connectivity index (χ4v) is 4.53. The normalized spacial score (nSPS) is 15.5. The van der Waals surface area contributed by atoms with E-state index in [2.05, 4.69) is 37.9 Å². The summed E-state index contributed by atoms with van der Waals surface area (Å²) in [4.78, 5) is 18.6. The van der Waals surface area contributed by atoms with Gasteiger partial charge in [0.25, 0.3) is 0 Å². The van der Waals surface area contributed by atoms with Crippen molar-refractivity contribution in [3.05, 3.63) is 27.7 Å². The van der Waals surface area contributed by atoms with Crippen LogP contribution in [0.2, 0.25) is 0 Å². The molecule has 3 aromatic rings. The number of hydrogen-bond donors (Lipinski definition) is 0. The molecule has 0 bridgehead atoms. The number of nitrogens with zero attached hydrogens (tertiary/aromatic N) is 6. The molecule has 0 atom stereocenters. The van der Waals surface area contributed by atoms with Gasteiger partial charge in [0, 0.05) is 24.7 Å². The number of ether oxygens (including phenoxy) is 2. The summed E-state index contributed by atoms with van der Waals surface area (Å²) in [6.45, 7) is 8.96. The van der Waals surface area contributed by atoms with Crippen LogP contribution >= 0.6 is 22.6 Å². The standard InChI is InChI=1S/C21H27IN6O3/c1-13-19(14-10-17-23-12-16(22)27(17)18(11-14)30-5)24-25-28(13)15-6-8-26(9-7-15)20(29)31-21(2,3)4/h10-12,15H,6-9H2,1-5H3. The van der Waals surface area contributed by atoms with Crippen molar-refractivity contribution in [1.82, 2.24) is 29.3 Å². The Morgan fingerprint density at radius 1 is 1.23 bits per heavy atom. The van der Waals surface area contributed by atoms with Gasteiger partial charge in [-0.2, -0.15) is 0 Å². The van der Waals surface area contributed by atoms with E-state index in [1.807, 2.05) is 55.1 Å². The summed E-state index contributed by atoms with van der Waals surface area (Å²) in [5.41, 5.74) is 3.04. The highest BCUT2D eigenvalue weighted by Gasteiger charge is 2.29. The molecule has 0 unspecified atom stereocenters. The maximum Gasteiger partial charge on any atom is 0.410 e. The number of carbonyl (C=O) groups excluding carboxylic acids is 1. The van der Waals surface area contributed by atoms with Gasteiger partial charge in [-0.1, -0.05) is 5.21 Å². The molecule has 0 N–H and O–H groups in total. The molecule has 0 saturated carbocycles. The Morgan fingerprint density at radius 3 is 2.58 bits per heavy atom. The molecule has 1 fully saturated rings. The first-order valence-electron chi connectivity index (χ1n) is 10.3. The summed E-state index contributed by atoms with van der Waals surface area (Å²) < 4.78 is 16.0. The molecule has 1 aliphatic heterocycles. The maximum atomic E-state index is 12.3. The predicted molar refractivity (Wildman–Crippen MR) is 124 cm³/mol. The smallest absolute Gasteiger partial charge is 0.410 e. The predicted octanol–water partition coefficient (Wildman–Crippen LogP) is 4.09. The summed E-state index contributed by atoms with van der Waals surface area (Å²) in [6.07, 6.45) is 3.18. The lowest BCUT2D eigenvalue weighted by molar-refractivity contribution is 0.0184. The first-order valence-corrected chi connectivity index (χ1v) is 11.4. The number of carbonyl (C=O) groups is 1. The average Bonchev–Trinajstić information content (AvgIpc) is 3.29. The van der Waals surface area contributed by atoms with Crippen molar-refractivity contribution >= 4 is 34.3 Å². The zero-order chi connectivity index (χ0) is 22.3. The molecule has 1 saturated heterocycles. The van der Waals surface area contributed by atoms with Crippen molar-refractivity contribution in [2.45, 2.75) is 52.2 Å². The van der Waals surface area contributed by atoms with E-state index in [-0.39, 0.29) is 12.1 Å². The van der Waals surface area contributed by atoms with Gasteiger partial charge in [-0.05, 0) is 69.2 Å². The molecule has 1 amide bonds. The Bertz CT molecular complexity index is 1110. The number of pyridine rings is 1. The van der Waals surface area contributed by atoms with E-state index < -0.39 is 5.60 Å². The molecule has 0 aliphatic carbocycles. The van der Waals surface area contributed by atoms with Gasteiger partial charge in [-0.25, -0.2) is 14.5 Å². The fourth-order valence-electron chi connectivity index (χ4n) is 3.90. The van der Waals surface area contributed by atoms with Crippen molar-refractivity contribution in [2.75, 3.05) is 20.2 Å². The molecular formula is C21H27IN6O3. The summed E-state index contributed by atoms with van der Waals surface area (Å²) in [7, 11) is 1.65. The van der Waals surface area contributed by atoms with Crippen molar-refractivity contribution in [3.63, 3.8) is 0 Å². The zero-order valence-electron chi connectivity index (χ0n) is 18.4. The van der Waals surface area contributed by atoms with E-state index in [0.29, 0.717) is 19.0 Å². The topological polar surface area (TPSA) is 86.8 Å². The minimum absolute atomic E-state index is 0.193. The van der Waals surface area contributed by atoms with Crippen LogP contribution in [-0.2, 0) is 4.74 Å². The van der Waals surface area contributed by atoms with E-state index >= 15 is 0 Å². The van der Waals surface area contributed by atoms with Crippen LogP contribution in [-0.4, -0.2) is 61.2 Å². The van der Waals surface area contributed by atoms with Gasteiger partial charge >= 0.3 is 6.09 Å². The lowest BCUT2D eigenvalue weighted by Gasteiger charge is -2.33. The molecule has 9 nitrogen and oxygen atoms in total. The molecule has 0 radical (unpaired) electrons. The van der Waals surface area contributed by atoms with E-state index in [4.69, 9.17) is 9.47 Å². The number of piperidine rings is 1. The second-order valence-electron chi connectivity index (χ2n) is 8.73. The van der Waals surface area contributed by atoms with Crippen LogP contribution in [0.5, 0.6) is 5.88 Å². The molecule has 166 valence electrons. The first kappa shape index (κ1) is 21.8. The number of likely N-dealkylation sites (tertiary alicyclic amines) is 1. The van der Waals surface area contributed by atoms with Crippen LogP contribution in [0.25, 0.3) is 16.9 Å². The number of aromatic nitrogens is 5. The number of hydrogen-bond acceptors (Lipinski definition) is 6. The second-order valence-corrected chi connectivity index (χ2v) is 9.83. The number of rotatable bonds is 3. The second kappa shape index (κ2) is 8.29. The maximum absolute atomic E-state index is 12.3. The highest BCUT2D eigenvalue weighted by atomic mass is 127. The van der Waals surface area contributed by atoms with E-state index in [1.54, 1.807) is 12.0 Å². The summed E-state index contributed by atoms with van der Waals surface area (Å²) in [6, 6.07) is 4.15. The molecule has 31 heavy (non-hydrogen) atoms. The minimum atomic E-state index is -0.486. The van der Waals surface area contributed by atoms with E-state index in [0.717, 1.165) is 39.1 Å². The largest absolute Gasteiger partial charge is 0.482 e. The van der Waals surface area contributed by atoms with Crippen LogP contribution in [0.15, 0.2) is 18.3 Å². The SMILES string of the molecule is COc1cc(-c2nnn(C3CCN(C(=O)OC(C)(C)C)CC3)c2C)cc2ncc(I)n12. The molecule has 3 aromatic heterocycles. The van der Waals surface area contributed by atoms with Gasteiger partial charge in [0.05, 0.1) is 25.0 Å². The summed E-state index contributed by atoms with van der Waals surface area (Å²) in [5, 5.41) is 8.91. The summed E-state index contributed by atoms with van der Waals surface area (Å²) >= 11 is 2.23. The Labute approximate surface area is 194 Å². The number of methoxy groups -OCH3 is 1. The average molecular weight is 538 g/mol. The molecule has 1 aliphatic rings. The third-order valence-corrected chi connectivity index (χ3v) is 6.16. The minimum Gasteiger partial charge on any atom is -0.482 e. The van der Waals surface area contributed by atoms with E-state index in [9.17, 15) is 4.79 Å². The van der Waals surface area contributed by atoms with Gasteiger partial charge < -0.3 is 14.4 Å². The quantitative estimate of drug-likeness (QED) is 0.467. The fraction of sp³-hybridized carbons (Fsp3) is 0.524. The Kier molecular flexibility index (Phi) is 5.84. The van der Waals surface area contributed by atoms with Crippen molar-refractivity contribution in [1.29, 1.82) is 0 Å². The molecule has 4 rings (SSSR count). The Morgan fingerprint density at radius 2 is 1.94 bits per heavy atom. The van der Waals surface area contributed by atoms with Gasteiger partial charge in [0.15, 0.2) is 0 Å². The zero-order valence-corrected chi connectivity index (χ0v) is 20.6. The van der Waals surface area contributed by atoms with Crippen molar-refractivity contribution in [2.24, 2.45) is 0 Å². The third-order valence-electron chi connectivity index (χ3n) is 5.40. The number of fused-ring (bicyclic) bond motifs is 1.